The van der Waals surface area contributed by atoms with E-state index in [1.165, 1.54) is 18.2 Å². The van der Waals surface area contributed by atoms with Crippen LogP contribution in [0.5, 0.6) is 0 Å². The topological polar surface area (TPSA) is 68.5 Å². The monoisotopic (exact) mass is 442 g/mol. The lowest BCUT2D eigenvalue weighted by Gasteiger charge is -2.27. The highest BCUT2D eigenvalue weighted by molar-refractivity contribution is 7.90. The summed E-state index contributed by atoms with van der Waals surface area (Å²) in [5, 5.41) is 0.497. The fourth-order valence-corrected chi connectivity index (χ4v) is 4.62. The minimum Gasteiger partial charge on any atom is -0.598 e. The number of anilines is 1. The van der Waals surface area contributed by atoms with Gasteiger partial charge < -0.3 is 13.9 Å². The van der Waals surface area contributed by atoms with Crippen molar-refractivity contribution in [1.29, 1.82) is 0 Å². The lowest BCUT2D eigenvalue weighted by Crippen LogP contribution is -2.40. The van der Waals surface area contributed by atoms with Crippen molar-refractivity contribution in [3.8, 4) is 0 Å². The third-order valence-electron chi connectivity index (χ3n) is 5.50. The van der Waals surface area contributed by atoms with Crippen LogP contribution in [0.15, 0.2) is 45.6 Å². The summed E-state index contributed by atoms with van der Waals surface area (Å²) in [6.07, 6.45) is 0. The van der Waals surface area contributed by atoms with Crippen molar-refractivity contribution in [1.82, 2.24) is 4.72 Å². The van der Waals surface area contributed by atoms with Gasteiger partial charge in [-0.15, -0.1) is 4.72 Å². The molecule has 1 aromatic heterocycles. The third kappa shape index (κ3) is 4.35. The first-order valence-corrected chi connectivity index (χ1v) is 11.5. The molecule has 1 aliphatic rings. The molecule has 0 fully saturated rings. The highest BCUT2D eigenvalue weighted by atomic mass is 32.2. The molecule has 31 heavy (non-hydrogen) atoms. The Morgan fingerprint density at radius 3 is 2.58 bits per heavy atom. The summed E-state index contributed by atoms with van der Waals surface area (Å²) < 4.78 is 35.2. The summed E-state index contributed by atoms with van der Waals surface area (Å²) >= 11 is -1.28. The second-order valence-corrected chi connectivity index (χ2v) is 11.2. The number of fused-ring (bicyclic) bond motifs is 2. The molecule has 0 bridgehead atoms. The summed E-state index contributed by atoms with van der Waals surface area (Å²) in [4.78, 5) is 14.9. The maximum Gasteiger partial charge on any atom is 0.200 e. The molecule has 2 aromatic carbocycles. The lowest BCUT2D eigenvalue weighted by atomic mass is 10.0. The predicted molar refractivity (Wildman–Crippen MR) is 123 cm³/mol. The van der Waals surface area contributed by atoms with Gasteiger partial charge in [-0.3, -0.25) is 4.79 Å². The number of benzene rings is 2. The van der Waals surface area contributed by atoms with E-state index in [1.54, 1.807) is 6.07 Å². The van der Waals surface area contributed by atoms with E-state index in [9.17, 15) is 13.7 Å². The van der Waals surface area contributed by atoms with Crippen LogP contribution in [-0.4, -0.2) is 9.30 Å². The van der Waals surface area contributed by atoms with Crippen molar-refractivity contribution in [2.45, 2.75) is 58.5 Å². The summed E-state index contributed by atoms with van der Waals surface area (Å²) in [5.74, 6) is 0.174. The smallest absolute Gasteiger partial charge is 0.200 e. The Bertz CT molecular complexity index is 1200. The predicted octanol–water partition coefficient (Wildman–Crippen LogP) is 4.87. The summed E-state index contributed by atoms with van der Waals surface area (Å²) in [7, 11) is 0. The second kappa shape index (κ2) is 7.97. The van der Waals surface area contributed by atoms with Gasteiger partial charge in [-0.25, -0.2) is 4.39 Å². The molecule has 1 N–H and O–H groups in total. The Balaban J connectivity index is 1.75. The number of nitrogens with one attached hydrogen (secondary N) is 1. The molecule has 5 nitrogen and oxygen atoms in total. The van der Waals surface area contributed by atoms with Gasteiger partial charge in [0.2, 0.25) is 5.88 Å². The lowest BCUT2D eigenvalue weighted by molar-refractivity contribution is 0.527. The Labute approximate surface area is 184 Å². The first kappa shape index (κ1) is 21.9. The van der Waals surface area contributed by atoms with E-state index >= 15 is 0 Å². The number of aryl methyl sites for hydroxylation is 1. The van der Waals surface area contributed by atoms with E-state index in [0.717, 1.165) is 22.3 Å². The molecule has 2 heterocycles. The zero-order chi connectivity index (χ0) is 22.5. The van der Waals surface area contributed by atoms with Gasteiger partial charge in [0.25, 0.3) is 0 Å². The highest BCUT2D eigenvalue weighted by Crippen LogP contribution is 2.33. The largest absolute Gasteiger partial charge is 0.598 e. The van der Waals surface area contributed by atoms with Gasteiger partial charge in [-0.1, -0.05) is 12.1 Å². The minimum atomic E-state index is -1.28. The van der Waals surface area contributed by atoms with Crippen molar-refractivity contribution < 1.29 is 13.4 Å². The van der Waals surface area contributed by atoms with Crippen LogP contribution >= 0.6 is 0 Å². The summed E-state index contributed by atoms with van der Waals surface area (Å²) in [6.45, 7) is 10.6. The van der Waals surface area contributed by atoms with E-state index in [1.807, 2.05) is 51.7 Å². The molecule has 7 heteroatoms. The van der Waals surface area contributed by atoms with E-state index in [0.29, 0.717) is 29.9 Å². The molecular formula is C24H27FN2O3S. The van der Waals surface area contributed by atoms with E-state index < -0.39 is 16.1 Å². The van der Waals surface area contributed by atoms with Gasteiger partial charge >= 0.3 is 0 Å². The number of nitrogens with zero attached hydrogens (tertiary/aromatic N) is 1. The van der Waals surface area contributed by atoms with Crippen molar-refractivity contribution in [2.24, 2.45) is 0 Å². The number of hydrogen-bond acceptors (Lipinski definition) is 5. The van der Waals surface area contributed by atoms with E-state index in [-0.39, 0.29) is 17.3 Å². The summed E-state index contributed by atoms with van der Waals surface area (Å²) in [5.41, 5.74) is 3.98. The van der Waals surface area contributed by atoms with Crippen LogP contribution in [0.25, 0.3) is 11.0 Å². The van der Waals surface area contributed by atoms with Gasteiger partial charge in [0, 0.05) is 36.1 Å². The molecule has 0 saturated heterocycles. The van der Waals surface area contributed by atoms with Crippen molar-refractivity contribution >= 4 is 28.2 Å². The highest BCUT2D eigenvalue weighted by Gasteiger charge is 2.30. The van der Waals surface area contributed by atoms with Crippen LogP contribution in [-0.2, 0) is 24.5 Å². The molecular weight excluding hydrogens is 415 g/mol. The molecule has 3 aromatic rings. The maximum absolute atomic E-state index is 13.6. The van der Waals surface area contributed by atoms with Crippen LogP contribution in [0.2, 0.25) is 0 Å². The number of halogens is 1. The average molecular weight is 443 g/mol. The van der Waals surface area contributed by atoms with Gasteiger partial charge in [-0.05, 0) is 69.5 Å². The molecule has 0 radical (unpaired) electrons. The average Bonchev–Trinajstić information content (AvgIpc) is 3.10. The first-order chi connectivity index (χ1) is 14.5. The molecule has 2 atom stereocenters. The Hall–Kier alpha value is -2.35. The Morgan fingerprint density at radius 1 is 1.16 bits per heavy atom. The van der Waals surface area contributed by atoms with E-state index in [4.69, 9.17) is 4.42 Å². The molecule has 0 aliphatic carbocycles. The molecule has 1 aliphatic heterocycles. The van der Waals surface area contributed by atoms with Gasteiger partial charge in [0.05, 0.1) is 11.4 Å². The van der Waals surface area contributed by atoms with Crippen LogP contribution in [0.3, 0.4) is 0 Å². The third-order valence-corrected chi connectivity index (χ3v) is 7.18. The minimum absolute atomic E-state index is 0.132. The van der Waals surface area contributed by atoms with Crippen molar-refractivity contribution in [3.63, 3.8) is 0 Å². The summed E-state index contributed by atoms with van der Waals surface area (Å²) in [6, 6.07) is 9.73. The van der Waals surface area contributed by atoms with Gasteiger partial charge in [-0.2, -0.15) is 0 Å². The molecule has 164 valence electrons. The molecule has 0 saturated carbocycles. The molecule has 0 spiro atoms. The van der Waals surface area contributed by atoms with Crippen molar-refractivity contribution in [2.75, 3.05) is 4.90 Å². The fourth-order valence-electron chi connectivity index (χ4n) is 3.82. The van der Waals surface area contributed by atoms with Crippen LogP contribution in [0.1, 0.15) is 56.0 Å². The van der Waals surface area contributed by atoms with Crippen molar-refractivity contribution in [3.05, 3.63) is 74.7 Å². The standard InChI is InChI=1S/C24H27FN2O3S/c1-14-8-19(15(2)26-31(29)24(3,4)5)23-20(9-14)21(28)11-22(30-23)27-12-16-6-7-18(25)10-17(16)13-27/h6-11,15,26H,12-13H2,1-5H3. The quantitative estimate of drug-likeness (QED) is 0.584. The van der Waals surface area contributed by atoms with E-state index in [2.05, 4.69) is 4.72 Å². The number of hydrogen-bond donors (Lipinski definition) is 1. The molecule has 2 unspecified atom stereocenters. The van der Waals surface area contributed by atoms with Gasteiger partial charge in [0.1, 0.15) is 16.1 Å². The SMILES string of the molecule is Cc1cc(C(C)N[S+]([O-])C(C)(C)C)c2oc(N3Cc4ccc(F)cc4C3)cc(=O)c2c1. The second-order valence-electron chi connectivity index (χ2n) is 9.17. The zero-order valence-corrected chi connectivity index (χ0v) is 19.2. The Morgan fingerprint density at radius 2 is 1.87 bits per heavy atom. The Kier molecular flexibility index (Phi) is 5.62. The molecule has 0 amide bonds. The first-order valence-electron chi connectivity index (χ1n) is 10.3. The zero-order valence-electron chi connectivity index (χ0n) is 18.4. The van der Waals surface area contributed by atoms with Gasteiger partial charge in [0.15, 0.2) is 5.43 Å². The normalized spacial score (nSPS) is 15.9. The number of rotatable bonds is 4. The van der Waals surface area contributed by atoms with Crippen LogP contribution in [0.4, 0.5) is 10.3 Å². The molecule has 4 rings (SSSR count). The maximum atomic E-state index is 13.6. The van der Waals surface area contributed by atoms with Crippen LogP contribution in [0, 0.1) is 12.7 Å². The van der Waals surface area contributed by atoms with Crippen LogP contribution < -0.4 is 15.1 Å². The fraction of sp³-hybridized carbons (Fsp3) is 0.375.